The van der Waals surface area contributed by atoms with E-state index < -0.39 is 11.7 Å². The van der Waals surface area contributed by atoms with Crippen LogP contribution in [-0.4, -0.2) is 55.2 Å². The van der Waals surface area contributed by atoms with E-state index in [4.69, 9.17) is 4.74 Å². The first-order valence-corrected chi connectivity index (χ1v) is 8.72. The van der Waals surface area contributed by atoms with Crippen LogP contribution in [0.25, 0.3) is 0 Å². The van der Waals surface area contributed by atoms with Crippen molar-refractivity contribution in [1.82, 2.24) is 15.5 Å². The van der Waals surface area contributed by atoms with Crippen LogP contribution < -0.4 is 10.6 Å². The number of nitrogens with zero attached hydrogens (tertiary/aromatic N) is 1. The number of hydrogen-bond acceptors (Lipinski definition) is 4. The lowest BCUT2D eigenvalue weighted by Gasteiger charge is -2.30. The summed E-state index contributed by atoms with van der Waals surface area (Å²) >= 11 is 0. The standard InChI is InChI=1S/C17H33N3O3/c1-14-7-11-20(12-8-14)13-10-18-15(21)6-5-9-19-16(22)23-17(2,3)4/h14H,5-13H2,1-4H3,(H,18,21)(H,19,22). The highest BCUT2D eigenvalue weighted by atomic mass is 16.6. The second-order valence-electron chi connectivity index (χ2n) is 7.41. The zero-order valence-electron chi connectivity index (χ0n) is 15.1. The average molecular weight is 327 g/mol. The molecule has 2 N–H and O–H groups in total. The second-order valence-corrected chi connectivity index (χ2v) is 7.41. The molecule has 0 aromatic heterocycles. The molecule has 6 nitrogen and oxygen atoms in total. The largest absolute Gasteiger partial charge is 0.444 e. The van der Waals surface area contributed by atoms with E-state index in [1.54, 1.807) is 0 Å². The molecule has 0 atom stereocenters. The monoisotopic (exact) mass is 327 g/mol. The molecule has 1 saturated heterocycles. The van der Waals surface area contributed by atoms with Crippen molar-refractivity contribution in [1.29, 1.82) is 0 Å². The predicted octanol–water partition coefficient (Wildman–Crippen LogP) is 2.14. The van der Waals surface area contributed by atoms with Gasteiger partial charge in [-0.15, -0.1) is 0 Å². The van der Waals surface area contributed by atoms with Crippen LogP contribution in [0.5, 0.6) is 0 Å². The molecule has 23 heavy (non-hydrogen) atoms. The zero-order valence-corrected chi connectivity index (χ0v) is 15.1. The number of amides is 2. The van der Waals surface area contributed by atoms with Gasteiger partial charge in [0.25, 0.3) is 0 Å². The highest BCUT2D eigenvalue weighted by Gasteiger charge is 2.16. The van der Waals surface area contributed by atoms with Crippen molar-refractivity contribution >= 4 is 12.0 Å². The molecule has 1 fully saturated rings. The minimum atomic E-state index is -0.492. The zero-order chi connectivity index (χ0) is 17.3. The Balaban J connectivity index is 1.99. The van der Waals surface area contributed by atoms with Gasteiger partial charge in [0.15, 0.2) is 0 Å². The molecular weight excluding hydrogens is 294 g/mol. The summed E-state index contributed by atoms with van der Waals surface area (Å²) in [5, 5.41) is 5.60. The molecule has 0 spiro atoms. The van der Waals surface area contributed by atoms with Gasteiger partial charge in [0.05, 0.1) is 0 Å². The molecule has 2 amide bonds. The van der Waals surface area contributed by atoms with E-state index in [2.05, 4.69) is 22.5 Å². The van der Waals surface area contributed by atoms with E-state index in [-0.39, 0.29) is 5.91 Å². The normalized spacial score (nSPS) is 16.9. The first kappa shape index (κ1) is 19.7. The number of carbonyl (C=O) groups is 2. The topological polar surface area (TPSA) is 70.7 Å². The second kappa shape index (κ2) is 9.75. The van der Waals surface area contributed by atoms with Crippen LogP contribution in [0.15, 0.2) is 0 Å². The van der Waals surface area contributed by atoms with Gasteiger partial charge in [-0.2, -0.15) is 0 Å². The van der Waals surface area contributed by atoms with Crippen molar-refractivity contribution in [3.05, 3.63) is 0 Å². The lowest BCUT2D eigenvalue weighted by atomic mass is 9.99. The van der Waals surface area contributed by atoms with Crippen LogP contribution in [-0.2, 0) is 9.53 Å². The van der Waals surface area contributed by atoms with E-state index in [1.165, 1.54) is 12.8 Å². The van der Waals surface area contributed by atoms with Crippen molar-refractivity contribution in [3.63, 3.8) is 0 Å². The summed E-state index contributed by atoms with van der Waals surface area (Å²) in [7, 11) is 0. The van der Waals surface area contributed by atoms with E-state index in [1.807, 2.05) is 20.8 Å². The molecule has 0 radical (unpaired) electrons. The molecule has 134 valence electrons. The Morgan fingerprint density at radius 2 is 1.78 bits per heavy atom. The molecule has 1 aliphatic heterocycles. The van der Waals surface area contributed by atoms with E-state index in [0.717, 1.165) is 25.6 Å². The quantitative estimate of drug-likeness (QED) is 0.703. The summed E-state index contributed by atoms with van der Waals surface area (Å²) in [6.45, 7) is 12.1. The Morgan fingerprint density at radius 1 is 1.13 bits per heavy atom. The third-order valence-electron chi connectivity index (χ3n) is 3.88. The number of rotatable bonds is 7. The van der Waals surface area contributed by atoms with Crippen LogP contribution in [0, 0.1) is 5.92 Å². The Labute approximate surface area is 140 Å². The summed E-state index contributed by atoms with van der Waals surface area (Å²) in [6, 6.07) is 0. The van der Waals surface area contributed by atoms with E-state index in [0.29, 0.717) is 25.9 Å². The summed E-state index contributed by atoms with van der Waals surface area (Å²) < 4.78 is 5.13. The molecule has 1 heterocycles. The first-order chi connectivity index (χ1) is 10.8. The van der Waals surface area contributed by atoms with Gasteiger partial charge >= 0.3 is 6.09 Å². The van der Waals surface area contributed by atoms with Crippen molar-refractivity contribution in [2.75, 3.05) is 32.7 Å². The number of likely N-dealkylation sites (tertiary alicyclic amines) is 1. The number of carbonyl (C=O) groups excluding carboxylic acids is 2. The molecular formula is C17H33N3O3. The molecule has 0 unspecified atom stereocenters. The fourth-order valence-electron chi connectivity index (χ4n) is 2.48. The molecule has 0 bridgehead atoms. The van der Waals surface area contributed by atoms with Gasteiger partial charge in [-0.3, -0.25) is 4.79 Å². The fourth-order valence-corrected chi connectivity index (χ4v) is 2.48. The molecule has 1 aliphatic rings. The molecule has 0 aromatic rings. The molecule has 0 aliphatic carbocycles. The van der Waals surface area contributed by atoms with E-state index >= 15 is 0 Å². The lowest BCUT2D eigenvalue weighted by molar-refractivity contribution is -0.121. The number of piperidine rings is 1. The Morgan fingerprint density at radius 3 is 2.39 bits per heavy atom. The van der Waals surface area contributed by atoms with Crippen molar-refractivity contribution in [3.8, 4) is 0 Å². The maximum atomic E-state index is 11.7. The summed E-state index contributed by atoms with van der Waals surface area (Å²) in [5.74, 6) is 0.875. The molecule has 0 aromatic carbocycles. The Kier molecular flexibility index (Phi) is 8.37. The minimum Gasteiger partial charge on any atom is -0.444 e. The van der Waals surface area contributed by atoms with Gasteiger partial charge in [-0.05, 0) is 59.0 Å². The van der Waals surface area contributed by atoms with Crippen LogP contribution >= 0.6 is 0 Å². The van der Waals surface area contributed by atoms with Gasteiger partial charge in [-0.1, -0.05) is 6.92 Å². The minimum absolute atomic E-state index is 0.0429. The van der Waals surface area contributed by atoms with Gasteiger partial charge in [0, 0.05) is 26.1 Å². The third-order valence-corrected chi connectivity index (χ3v) is 3.88. The van der Waals surface area contributed by atoms with Crippen LogP contribution in [0.1, 0.15) is 53.4 Å². The Bertz CT molecular complexity index is 372. The first-order valence-electron chi connectivity index (χ1n) is 8.72. The number of nitrogens with one attached hydrogen (secondary N) is 2. The van der Waals surface area contributed by atoms with Crippen LogP contribution in [0.4, 0.5) is 4.79 Å². The third kappa shape index (κ3) is 10.2. The maximum Gasteiger partial charge on any atom is 0.407 e. The lowest BCUT2D eigenvalue weighted by Crippen LogP contribution is -2.39. The Hall–Kier alpha value is -1.30. The molecule has 1 rings (SSSR count). The maximum absolute atomic E-state index is 11.7. The van der Waals surface area contributed by atoms with Crippen molar-refractivity contribution in [2.24, 2.45) is 5.92 Å². The highest BCUT2D eigenvalue weighted by Crippen LogP contribution is 2.15. The number of ether oxygens (including phenoxy) is 1. The number of alkyl carbamates (subject to hydrolysis) is 1. The van der Waals surface area contributed by atoms with Crippen LogP contribution in [0.2, 0.25) is 0 Å². The highest BCUT2D eigenvalue weighted by molar-refractivity contribution is 5.75. The summed E-state index contributed by atoms with van der Waals surface area (Å²) in [5.41, 5.74) is -0.492. The summed E-state index contributed by atoms with van der Waals surface area (Å²) in [4.78, 5) is 25.6. The number of hydrogen-bond donors (Lipinski definition) is 2. The van der Waals surface area contributed by atoms with Gasteiger partial charge in [-0.25, -0.2) is 4.79 Å². The van der Waals surface area contributed by atoms with Crippen molar-refractivity contribution in [2.45, 2.75) is 59.0 Å². The van der Waals surface area contributed by atoms with Crippen molar-refractivity contribution < 1.29 is 14.3 Å². The average Bonchev–Trinajstić information content (AvgIpc) is 2.44. The SMILES string of the molecule is CC1CCN(CCNC(=O)CCCNC(=O)OC(C)(C)C)CC1. The molecule has 0 saturated carbocycles. The summed E-state index contributed by atoms with van der Waals surface area (Å²) in [6.07, 6.45) is 3.12. The smallest absolute Gasteiger partial charge is 0.407 e. The molecule has 6 heteroatoms. The van der Waals surface area contributed by atoms with Crippen LogP contribution in [0.3, 0.4) is 0 Å². The fraction of sp³-hybridized carbons (Fsp3) is 0.882. The van der Waals surface area contributed by atoms with Gasteiger partial charge in [0.1, 0.15) is 5.60 Å². The van der Waals surface area contributed by atoms with Gasteiger partial charge < -0.3 is 20.3 Å². The predicted molar refractivity (Wildman–Crippen MR) is 91.3 cm³/mol. The van der Waals surface area contributed by atoms with Gasteiger partial charge in [0.2, 0.25) is 5.91 Å². The van der Waals surface area contributed by atoms with E-state index in [9.17, 15) is 9.59 Å².